The van der Waals surface area contributed by atoms with Crippen molar-refractivity contribution in [2.24, 2.45) is 4.99 Å². The van der Waals surface area contributed by atoms with Gasteiger partial charge in [0.2, 0.25) is 0 Å². The Morgan fingerprint density at radius 2 is 1.89 bits per heavy atom. The van der Waals surface area contributed by atoms with E-state index < -0.39 is 0 Å². The van der Waals surface area contributed by atoms with E-state index in [0.717, 1.165) is 37.0 Å². The highest BCUT2D eigenvalue weighted by molar-refractivity contribution is 14.0. The van der Waals surface area contributed by atoms with Crippen LogP contribution in [0.3, 0.4) is 0 Å². The van der Waals surface area contributed by atoms with Crippen molar-refractivity contribution in [3.63, 3.8) is 0 Å². The van der Waals surface area contributed by atoms with Gasteiger partial charge in [-0.05, 0) is 17.0 Å². The summed E-state index contributed by atoms with van der Waals surface area (Å²) in [6.07, 6.45) is 2.64. The summed E-state index contributed by atoms with van der Waals surface area (Å²) in [5.74, 6) is 2.69. The molecule has 8 heteroatoms. The van der Waals surface area contributed by atoms with E-state index in [-0.39, 0.29) is 29.4 Å². The van der Waals surface area contributed by atoms with Gasteiger partial charge >= 0.3 is 0 Å². The van der Waals surface area contributed by atoms with Gasteiger partial charge in [-0.1, -0.05) is 45.9 Å². The maximum absolute atomic E-state index is 5.99. The van der Waals surface area contributed by atoms with Crippen LogP contribution in [0.2, 0.25) is 0 Å². The minimum atomic E-state index is 0. The number of nitrogens with zero attached hydrogens (tertiary/aromatic N) is 4. The fourth-order valence-electron chi connectivity index (χ4n) is 2.80. The average molecular weight is 500 g/mol. The van der Waals surface area contributed by atoms with Gasteiger partial charge < -0.3 is 19.9 Å². The molecule has 0 aliphatic carbocycles. The molecule has 2 N–H and O–H groups in total. The maximum atomic E-state index is 5.99. The molecule has 0 bridgehead atoms. The summed E-state index contributed by atoms with van der Waals surface area (Å²) in [6, 6.07) is 8.21. The second-order valence-electron chi connectivity index (χ2n) is 7.31. The van der Waals surface area contributed by atoms with Gasteiger partial charge in [0.25, 0.3) is 0 Å². The standard InChI is InChI=1S/C20H32N6O.HI/c1-6-18-25-24-15-26(18)13-11-22-19(21-5)23-12-14-27-17-10-8-7-9-16(17)20(2,3)4;/h7-10,15H,6,11-14H2,1-5H3,(H2,21,22,23);1H. The molecule has 0 spiro atoms. The van der Waals surface area contributed by atoms with Crippen molar-refractivity contribution in [2.75, 3.05) is 26.7 Å². The monoisotopic (exact) mass is 500 g/mol. The van der Waals surface area contributed by atoms with E-state index in [4.69, 9.17) is 4.74 Å². The highest BCUT2D eigenvalue weighted by Gasteiger charge is 2.18. The molecule has 0 saturated carbocycles. The van der Waals surface area contributed by atoms with Crippen LogP contribution in [0.5, 0.6) is 5.75 Å². The van der Waals surface area contributed by atoms with Gasteiger partial charge in [-0.3, -0.25) is 4.99 Å². The molecule has 2 aromatic rings. The highest BCUT2D eigenvalue weighted by atomic mass is 127. The fraction of sp³-hybridized carbons (Fsp3) is 0.550. The molecule has 28 heavy (non-hydrogen) atoms. The molecule has 0 radical (unpaired) electrons. The summed E-state index contributed by atoms with van der Waals surface area (Å²) in [6.45, 7) is 11.4. The number of hydrogen-bond donors (Lipinski definition) is 2. The number of para-hydroxylation sites is 1. The van der Waals surface area contributed by atoms with Gasteiger partial charge in [-0.25, -0.2) is 0 Å². The van der Waals surface area contributed by atoms with Crippen LogP contribution in [0, 0.1) is 0 Å². The van der Waals surface area contributed by atoms with Gasteiger partial charge in [0.05, 0.1) is 6.54 Å². The number of nitrogens with one attached hydrogen (secondary N) is 2. The summed E-state index contributed by atoms with van der Waals surface area (Å²) in [4.78, 5) is 4.25. The van der Waals surface area contributed by atoms with Gasteiger partial charge in [0.1, 0.15) is 24.5 Å². The van der Waals surface area contributed by atoms with Crippen molar-refractivity contribution in [1.29, 1.82) is 0 Å². The molecule has 156 valence electrons. The Hall–Kier alpha value is -1.84. The number of benzene rings is 1. The molecule has 2 rings (SSSR count). The molecular formula is C20H33IN6O. The molecule has 1 aromatic heterocycles. The lowest BCUT2D eigenvalue weighted by Crippen LogP contribution is -2.40. The number of aryl methyl sites for hydroxylation is 1. The Morgan fingerprint density at radius 3 is 2.57 bits per heavy atom. The van der Waals surface area contributed by atoms with Gasteiger partial charge in [-0.2, -0.15) is 0 Å². The van der Waals surface area contributed by atoms with E-state index in [2.05, 4.69) is 65.7 Å². The van der Waals surface area contributed by atoms with Crippen LogP contribution in [0.1, 0.15) is 39.1 Å². The van der Waals surface area contributed by atoms with Crippen LogP contribution in [0.25, 0.3) is 0 Å². The van der Waals surface area contributed by atoms with Crippen LogP contribution in [0.15, 0.2) is 35.6 Å². The first-order chi connectivity index (χ1) is 13.0. The summed E-state index contributed by atoms with van der Waals surface area (Å²) < 4.78 is 8.03. The van der Waals surface area contributed by atoms with Crippen molar-refractivity contribution in [3.8, 4) is 5.75 Å². The van der Waals surface area contributed by atoms with Crippen molar-refractivity contribution in [2.45, 2.75) is 46.1 Å². The van der Waals surface area contributed by atoms with E-state index in [1.807, 2.05) is 16.7 Å². The Balaban J connectivity index is 0.00000392. The van der Waals surface area contributed by atoms with E-state index in [1.54, 1.807) is 13.4 Å². The zero-order chi connectivity index (χ0) is 19.7. The Morgan fingerprint density at radius 1 is 1.18 bits per heavy atom. The predicted molar refractivity (Wildman–Crippen MR) is 125 cm³/mol. The van der Waals surface area contributed by atoms with E-state index >= 15 is 0 Å². The number of ether oxygens (including phenoxy) is 1. The van der Waals surface area contributed by atoms with Crippen molar-refractivity contribution in [3.05, 3.63) is 42.0 Å². The predicted octanol–water partition coefficient (Wildman–Crippen LogP) is 3.00. The van der Waals surface area contributed by atoms with Crippen LogP contribution in [0.4, 0.5) is 0 Å². The van der Waals surface area contributed by atoms with E-state index in [9.17, 15) is 0 Å². The number of rotatable bonds is 8. The minimum Gasteiger partial charge on any atom is -0.491 e. The summed E-state index contributed by atoms with van der Waals surface area (Å²) in [5, 5.41) is 14.6. The van der Waals surface area contributed by atoms with Crippen LogP contribution in [-0.4, -0.2) is 47.5 Å². The third kappa shape index (κ3) is 7.29. The van der Waals surface area contributed by atoms with Crippen LogP contribution >= 0.6 is 24.0 Å². The number of halogens is 1. The second-order valence-corrected chi connectivity index (χ2v) is 7.31. The largest absolute Gasteiger partial charge is 0.491 e. The van der Waals surface area contributed by atoms with Crippen LogP contribution in [-0.2, 0) is 18.4 Å². The van der Waals surface area contributed by atoms with Crippen molar-refractivity contribution >= 4 is 29.9 Å². The summed E-state index contributed by atoms with van der Waals surface area (Å²) in [5.41, 5.74) is 1.27. The van der Waals surface area contributed by atoms with E-state index in [0.29, 0.717) is 13.2 Å². The van der Waals surface area contributed by atoms with Crippen molar-refractivity contribution in [1.82, 2.24) is 25.4 Å². The molecule has 7 nitrogen and oxygen atoms in total. The molecule has 0 amide bonds. The molecule has 0 unspecified atom stereocenters. The number of aliphatic imine (C=N–C) groups is 1. The Kier molecular flexibility index (Phi) is 10.3. The molecule has 0 saturated heterocycles. The lowest BCUT2D eigenvalue weighted by Gasteiger charge is -2.22. The zero-order valence-electron chi connectivity index (χ0n) is 17.5. The second kappa shape index (κ2) is 11.9. The third-order valence-electron chi connectivity index (χ3n) is 4.23. The lowest BCUT2D eigenvalue weighted by atomic mass is 9.86. The average Bonchev–Trinajstić information content (AvgIpc) is 3.10. The summed E-state index contributed by atoms with van der Waals surface area (Å²) >= 11 is 0. The number of aromatic nitrogens is 3. The minimum absolute atomic E-state index is 0. The maximum Gasteiger partial charge on any atom is 0.191 e. The molecule has 0 aliphatic rings. The molecule has 1 aromatic carbocycles. The molecule has 0 atom stereocenters. The topological polar surface area (TPSA) is 76.4 Å². The normalized spacial score (nSPS) is 11.7. The summed E-state index contributed by atoms with van der Waals surface area (Å²) in [7, 11) is 1.77. The quantitative estimate of drug-likeness (QED) is 0.252. The van der Waals surface area contributed by atoms with Gasteiger partial charge in [0, 0.05) is 26.6 Å². The zero-order valence-corrected chi connectivity index (χ0v) is 19.9. The third-order valence-corrected chi connectivity index (χ3v) is 4.23. The van der Waals surface area contributed by atoms with Crippen LogP contribution < -0.4 is 15.4 Å². The first-order valence-electron chi connectivity index (χ1n) is 9.49. The lowest BCUT2D eigenvalue weighted by molar-refractivity contribution is 0.313. The van der Waals surface area contributed by atoms with Crippen molar-refractivity contribution < 1.29 is 4.74 Å². The van der Waals surface area contributed by atoms with Gasteiger partial charge in [-0.15, -0.1) is 34.2 Å². The molecular weight excluding hydrogens is 467 g/mol. The molecule has 0 aliphatic heterocycles. The number of hydrogen-bond acceptors (Lipinski definition) is 4. The Bertz CT molecular complexity index is 738. The first kappa shape index (κ1) is 24.2. The molecule has 1 heterocycles. The SMILES string of the molecule is CCc1nncn1CCNC(=NC)NCCOc1ccccc1C(C)(C)C.I. The van der Waals surface area contributed by atoms with Gasteiger partial charge in [0.15, 0.2) is 5.96 Å². The molecule has 0 fully saturated rings. The van der Waals surface area contributed by atoms with E-state index in [1.165, 1.54) is 5.56 Å². The smallest absolute Gasteiger partial charge is 0.191 e. The number of guanidine groups is 1. The first-order valence-corrected chi connectivity index (χ1v) is 9.49. The Labute approximate surface area is 185 Å². The fourth-order valence-corrected chi connectivity index (χ4v) is 2.80. The highest BCUT2D eigenvalue weighted by Crippen LogP contribution is 2.30.